The smallest absolute Gasteiger partial charge is 0.341 e. The molecule has 2 heteroatoms. The number of rotatable bonds is 1. The molecule has 1 aromatic carbocycles. The molecule has 0 aromatic heterocycles. The molecule has 75 valence electrons. The van der Waals surface area contributed by atoms with E-state index in [0.717, 1.165) is 6.42 Å². The Kier molecular flexibility index (Phi) is 20.1. The minimum Gasteiger partial charge on any atom is -0.341 e. The number of benzene rings is 1. The van der Waals surface area contributed by atoms with Gasteiger partial charge in [-0.15, -0.1) is 0 Å². The van der Waals surface area contributed by atoms with Crippen LogP contribution in [0.4, 0.5) is 0 Å². The van der Waals surface area contributed by atoms with E-state index in [1.807, 2.05) is 24.3 Å². The summed E-state index contributed by atoms with van der Waals surface area (Å²) in [6.45, 7) is 9.97. The fraction of sp³-hybridized carbons (Fsp3) is 0.333. The van der Waals surface area contributed by atoms with Gasteiger partial charge in [-0.25, -0.2) is 0 Å². The molecule has 14 heavy (non-hydrogen) atoms. The average Bonchev–Trinajstić information content (AvgIpc) is 2.05. The molecular weight excluding hydrogens is 433 g/mol. The second kappa shape index (κ2) is 13.9. The molecule has 0 saturated carbocycles. The number of hydrogen-bond acceptors (Lipinski definition) is 0. The van der Waals surface area contributed by atoms with Crippen molar-refractivity contribution >= 4 is 0 Å². The van der Waals surface area contributed by atoms with Gasteiger partial charge in [0.05, 0.1) is 0 Å². The Balaban J connectivity index is -0.000000180. The molecule has 0 fully saturated rings. The summed E-state index contributed by atoms with van der Waals surface area (Å²) >= 11 is 0. The van der Waals surface area contributed by atoms with E-state index in [2.05, 4.69) is 33.8 Å². The Morgan fingerprint density at radius 1 is 1.29 bits per heavy atom. The van der Waals surface area contributed by atoms with Crippen LogP contribution in [-0.2, 0) is 25.0 Å². The van der Waals surface area contributed by atoms with Crippen molar-refractivity contribution in [1.29, 1.82) is 0 Å². The van der Waals surface area contributed by atoms with Crippen LogP contribution >= 0.6 is 0 Å². The van der Waals surface area contributed by atoms with Crippen molar-refractivity contribution in [3.63, 3.8) is 0 Å². The second-order valence-corrected chi connectivity index (χ2v) is 3.14. The summed E-state index contributed by atoms with van der Waals surface area (Å²) in [6.07, 6.45) is 0.834. The Morgan fingerprint density at radius 2 is 1.79 bits per heavy atom. The van der Waals surface area contributed by atoms with Gasteiger partial charge in [-0.1, -0.05) is 0 Å². The van der Waals surface area contributed by atoms with Crippen molar-refractivity contribution in [1.82, 2.24) is 0 Å². The van der Waals surface area contributed by atoms with E-state index in [4.69, 9.17) is 0 Å². The SMILES string of the molecule is C[C-](C)C.[CH2-]Cc1[c-]cccc1.[U+2].[V]. The molecule has 0 aliphatic carbocycles. The summed E-state index contributed by atoms with van der Waals surface area (Å²) in [4.78, 5) is 0. The van der Waals surface area contributed by atoms with Gasteiger partial charge in [0.15, 0.2) is 0 Å². The van der Waals surface area contributed by atoms with Gasteiger partial charge < -0.3 is 12.8 Å². The first-order chi connectivity index (χ1) is 5.66. The van der Waals surface area contributed by atoms with Crippen LogP contribution in [-0.4, -0.2) is 0 Å². The topological polar surface area (TPSA) is 0 Å². The van der Waals surface area contributed by atoms with Crippen molar-refractivity contribution < 1.29 is 49.7 Å². The number of hydrogen-bond donors (Lipinski definition) is 0. The largest absolute Gasteiger partial charge is 2.00 e. The maximum atomic E-state index is 3.72. The first-order valence-electron chi connectivity index (χ1n) is 4.18. The third-order valence-electron chi connectivity index (χ3n) is 1.04. The van der Waals surface area contributed by atoms with E-state index >= 15 is 0 Å². The molecule has 0 N–H and O–H groups in total. The summed E-state index contributed by atoms with van der Waals surface area (Å²) in [5.74, 6) is 1.42. The van der Waals surface area contributed by atoms with Crippen molar-refractivity contribution in [3.05, 3.63) is 48.7 Å². The fourth-order valence-electron chi connectivity index (χ4n) is 0.586. The van der Waals surface area contributed by atoms with Gasteiger partial charge in [0.25, 0.3) is 0 Å². The third kappa shape index (κ3) is 15.3. The first kappa shape index (κ1) is 20.3. The Morgan fingerprint density at radius 3 is 2.00 bits per heavy atom. The Bertz CT molecular complexity index is 182. The fourth-order valence-corrected chi connectivity index (χ4v) is 0.586. The van der Waals surface area contributed by atoms with Crippen LogP contribution in [0, 0.1) is 50.0 Å². The molecule has 0 spiro atoms. The van der Waals surface area contributed by atoms with Gasteiger partial charge in [-0.2, -0.15) is 63.1 Å². The first-order valence-corrected chi connectivity index (χ1v) is 4.18. The van der Waals surface area contributed by atoms with Crippen LogP contribution in [0.15, 0.2) is 24.3 Å². The molecule has 0 amide bonds. The van der Waals surface area contributed by atoms with Crippen LogP contribution in [0.25, 0.3) is 0 Å². The molecule has 0 aliphatic rings. The van der Waals surface area contributed by atoms with E-state index in [9.17, 15) is 0 Å². The maximum Gasteiger partial charge on any atom is 2.00 e. The zero-order valence-electron chi connectivity index (χ0n) is 9.17. The zero-order chi connectivity index (χ0) is 9.40. The van der Waals surface area contributed by atoms with Gasteiger partial charge in [0.2, 0.25) is 0 Å². The van der Waals surface area contributed by atoms with Crippen molar-refractivity contribution in [2.24, 2.45) is 0 Å². The predicted octanol–water partition coefficient (Wildman–Crippen LogP) is 3.48. The Hall–Kier alpha value is 0.856. The third-order valence-corrected chi connectivity index (χ3v) is 1.04. The summed E-state index contributed by atoms with van der Waals surface area (Å²) in [6, 6.07) is 10.9. The monoisotopic (exact) mass is 450 g/mol. The molecule has 0 saturated heterocycles. The minimum atomic E-state index is 0. The summed E-state index contributed by atoms with van der Waals surface area (Å²) in [7, 11) is 0. The average molecular weight is 450 g/mol. The molecule has 0 bridgehead atoms. The van der Waals surface area contributed by atoms with Crippen LogP contribution in [0.5, 0.6) is 0 Å². The maximum absolute atomic E-state index is 3.72. The normalized spacial score (nSPS) is 7.79. The molecule has 1 radical (unpaired) electrons. The predicted molar refractivity (Wildman–Crippen MR) is 54.6 cm³/mol. The van der Waals surface area contributed by atoms with E-state index in [-0.39, 0.29) is 49.7 Å². The summed E-state index contributed by atoms with van der Waals surface area (Å²) < 4.78 is 0. The molecule has 1 rings (SSSR count). The summed E-state index contributed by atoms with van der Waals surface area (Å²) in [5, 5.41) is 0. The summed E-state index contributed by atoms with van der Waals surface area (Å²) in [5.41, 5.74) is 1.17. The van der Waals surface area contributed by atoms with Gasteiger partial charge >= 0.3 is 31.1 Å². The van der Waals surface area contributed by atoms with Crippen LogP contribution in [0.1, 0.15) is 26.3 Å². The molecule has 0 atom stereocenters. The van der Waals surface area contributed by atoms with Gasteiger partial charge in [-0.3, -0.25) is 0 Å². The Labute approximate surface area is 125 Å². The van der Waals surface area contributed by atoms with Crippen molar-refractivity contribution in [2.45, 2.75) is 27.2 Å². The molecule has 1 aromatic rings. The van der Waals surface area contributed by atoms with E-state index < -0.39 is 0 Å². The standard InChI is InChI=1S/C8H8.C4H9.U.V/c1-2-8-6-4-3-5-7-8;1-4(2)3;;/h3-6H,1-2H2;1-3H3;;/q-2;-1;+2;. The molecule has 0 aliphatic heterocycles. The molecular formula is C12H17UV-. The van der Waals surface area contributed by atoms with Crippen molar-refractivity contribution in [3.8, 4) is 0 Å². The molecule has 0 heterocycles. The van der Waals surface area contributed by atoms with Crippen LogP contribution < -0.4 is 0 Å². The minimum absolute atomic E-state index is 0. The van der Waals surface area contributed by atoms with E-state index in [1.54, 1.807) is 0 Å². The van der Waals surface area contributed by atoms with Crippen molar-refractivity contribution in [2.75, 3.05) is 0 Å². The quantitative estimate of drug-likeness (QED) is 0.575. The van der Waals surface area contributed by atoms with Gasteiger partial charge in [0, 0.05) is 18.6 Å². The molecule has 0 nitrogen and oxygen atoms in total. The van der Waals surface area contributed by atoms with Gasteiger partial charge in [-0.05, 0) is 0 Å². The van der Waals surface area contributed by atoms with Crippen LogP contribution in [0.2, 0.25) is 0 Å². The van der Waals surface area contributed by atoms with Crippen LogP contribution in [0.3, 0.4) is 0 Å². The molecule has 0 unspecified atom stereocenters. The van der Waals surface area contributed by atoms with E-state index in [0.29, 0.717) is 0 Å². The van der Waals surface area contributed by atoms with E-state index in [1.165, 1.54) is 11.5 Å². The zero-order valence-corrected chi connectivity index (χ0v) is 14.7. The van der Waals surface area contributed by atoms with Gasteiger partial charge in [0.1, 0.15) is 0 Å². The second-order valence-electron chi connectivity index (χ2n) is 3.14.